The van der Waals surface area contributed by atoms with E-state index in [9.17, 15) is 10.4 Å². The Morgan fingerprint density at radius 1 is 1.62 bits per heavy atom. The first-order valence-corrected chi connectivity index (χ1v) is 6.97. The molecule has 1 aliphatic carbocycles. The molecule has 0 aliphatic heterocycles. The van der Waals surface area contributed by atoms with Crippen LogP contribution in [0.25, 0.3) is 0 Å². The summed E-state index contributed by atoms with van der Waals surface area (Å²) in [7, 11) is 0. The number of rotatable bonds is 5. The molecule has 0 radical (unpaired) electrons. The third-order valence-corrected chi connectivity index (χ3v) is 4.90. The molecule has 0 heterocycles. The Morgan fingerprint density at radius 3 is 2.81 bits per heavy atom. The number of nitrogens with zero attached hydrogens (tertiary/aromatic N) is 1. The predicted molar refractivity (Wildman–Crippen MR) is 68.4 cm³/mol. The molecule has 16 heavy (non-hydrogen) atoms. The Hall–Kier alpha value is -0.240. The summed E-state index contributed by atoms with van der Waals surface area (Å²) in [6, 6.07) is 2.42. The molecule has 0 spiro atoms. The van der Waals surface area contributed by atoms with Gasteiger partial charge in [0.15, 0.2) is 0 Å². The van der Waals surface area contributed by atoms with Crippen LogP contribution >= 0.6 is 11.8 Å². The maximum Gasteiger partial charge on any atom is 0.107 e. The van der Waals surface area contributed by atoms with Crippen molar-refractivity contribution in [1.29, 1.82) is 5.26 Å². The van der Waals surface area contributed by atoms with Gasteiger partial charge in [0, 0.05) is 10.5 Å². The molecule has 4 heteroatoms. The van der Waals surface area contributed by atoms with Crippen LogP contribution in [-0.2, 0) is 0 Å². The van der Waals surface area contributed by atoms with Gasteiger partial charge in [-0.25, -0.2) is 0 Å². The fourth-order valence-electron chi connectivity index (χ4n) is 2.17. The van der Waals surface area contributed by atoms with Crippen LogP contribution < -0.4 is 5.32 Å². The number of aliphatic hydroxyl groups is 1. The summed E-state index contributed by atoms with van der Waals surface area (Å²) in [5.74, 6) is 0. The minimum Gasteiger partial charge on any atom is -0.392 e. The second kappa shape index (κ2) is 5.90. The van der Waals surface area contributed by atoms with Crippen molar-refractivity contribution in [2.75, 3.05) is 6.54 Å². The number of nitriles is 1. The molecule has 0 saturated heterocycles. The van der Waals surface area contributed by atoms with Crippen LogP contribution in [0.3, 0.4) is 0 Å². The van der Waals surface area contributed by atoms with Gasteiger partial charge >= 0.3 is 0 Å². The first-order chi connectivity index (χ1) is 7.53. The maximum atomic E-state index is 9.47. The SMILES string of the molecule is CCNC1(C#N)CCC(SC(C)C(C)O)C1. The van der Waals surface area contributed by atoms with E-state index in [1.54, 1.807) is 0 Å². The van der Waals surface area contributed by atoms with E-state index in [2.05, 4.69) is 18.3 Å². The van der Waals surface area contributed by atoms with Crippen molar-refractivity contribution < 1.29 is 5.11 Å². The standard InChI is InChI=1S/C12H22N2OS/c1-4-14-12(8-13)6-5-11(7-12)16-10(3)9(2)15/h9-11,14-15H,4-7H2,1-3H3. The molecule has 1 aliphatic rings. The number of thioether (sulfide) groups is 1. The van der Waals surface area contributed by atoms with Crippen LogP contribution in [0.1, 0.15) is 40.0 Å². The van der Waals surface area contributed by atoms with Gasteiger partial charge in [-0.1, -0.05) is 13.8 Å². The van der Waals surface area contributed by atoms with Crippen molar-refractivity contribution in [1.82, 2.24) is 5.32 Å². The van der Waals surface area contributed by atoms with Gasteiger partial charge in [-0.3, -0.25) is 5.32 Å². The molecular formula is C12H22N2OS. The molecule has 1 fully saturated rings. The van der Waals surface area contributed by atoms with E-state index in [0.717, 1.165) is 25.8 Å². The van der Waals surface area contributed by atoms with Gasteiger partial charge in [-0.05, 0) is 32.7 Å². The molecule has 0 aromatic rings. The van der Waals surface area contributed by atoms with E-state index in [-0.39, 0.29) is 16.9 Å². The highest BCUT2D eigenvalue weighted by Crippen LogP contribution is 2.38. The van der Waals surface area contributed by atoms with Gasteiger partial charge in [0.2, 0.25) is 0 Å². The van der Waals surface area contributed by atoms with E-state index in [4.69, 9.17) is 0 Å². The zero-order valence-electron chi connectivity index (χ0n) is 10.4. The molecule has 1 rings (SSSR count). The normalized spacial score (nSPS) is 33.3. The first-order valence-electron chi connectivity index (χ1n) is 6.03. The van der Waals surface area contributed by atoms with E-state index < -0.39 is 0 Å². The lowest BCUT2D eigenvalue weighted by atomic mass is 10.0. The molecule has 4 atom stereocenters. The molecular weight excluding hydrogens is 220 g/mol. The van der Waals surface area contributed by atoms with Crippen LogP contribution in [0.5, 0.6) is 0 Å². The van der Waals surface area contributed by atoms with Crippen molar-refractivity contribution in [2.24, 2.45) is 0 Å². The van der Waals surface area contributed by atoms with Crippen LogP contribution in [0.4, 0.5) is 0 Å². The Kier molecular flexibility index (Phi) is 5.10. The highest BCUT2D eigenvalue weighted by Gasteiger charge is 2.39. The Balaban J connectivity index is 2.48. The average Bonchev–Trinajstić information content (AvgIpc) is 2.63. The van der Waals surface area contributed by atoms with Gasteiger partial charge < -0.3 is 5.11 Å². The third-order valence-electron chi connectivity index (χ3n) is 3.28. The van der Waals surface area contributed by atoms with Crippen molar-refractivity contribution in [3.05, 3.63) is 0 Å². The van der Waals surface area contributed by atoms with E-state index in [1.165, 1.54) is 0 Å². The van der Waals surface area contributed by atoms with E-state index in [0.29, 0.717) is 5.25 Å². The lowest BCUT2D eigenvalue weighted by Crippen LogP contribution is -2.41. The fourth-order valence-corrected chi connectivity index (χ4v) is 3.64. The summed E-state index contributed by atoms with van der Waals surface area (Å²) in [6.07, 6.45) is 2.63. The second-order valence-electron chi connectivity index (χ2n) is 4.67. The van der Waals surface area contributed by atoms with E-state index >= 15 is 0 Å². The molecule has 0 aromatic carbocycles. The number of hydrogen-bond donors (Lipinski definition) is 2. The van der Waals surface area contributed by atoms with Crippen LogP contribution in [-0.4, -0.2) is 33.8 Å². The van der Waals surface area contributed by atoms with Crippen molar-refractivity contribution in [3.63, 3.8) is 0 Å². The van der Waals surface area contributed by atoms with Gasteiger partial charge in [-0.2, -0.15) is 17.0 Å². The third kappa shape index (κ3) is 3.38. The minimum atomic E-state index is -0.315. The largest absolute Gasteiger partial charge is 0.392 e. The zero-order chi connectivity index (χ0) is 12.2. The Labute approximate surface area is 103 Å². The monoisotopic (exact) mass is 242 g/mol. The molecule has 4 unspecified atom stereocenters. The second-order valence-corrected chi connectivity index (χ2v) is 6.35. The van der Waals surface area contributed by atoms with Crippen LogP contribution in [0, 0.1) is 11.3 Å². The summed E-state index contributed by atoms with van der Waals surface area (Å²) >= 11 is 1.82. The molecule has 92 valence electrons. The lowest BCUT2D eigenvalue weighted by Gasteiger charge is -2.23. The molecule has 3 nitrogen and oxygen atoms in total. The van der Waals surface area contributed by atoms with Crippen LogP contribution in [0.15, 0.2) is 0 Å². The van der Waals surface area contributed by atoms with Crippen LogP contribution in [0.2, 0.25) is 0 Å². The molecule has 0 amide bonds. The summed E-state index contributed by atoms with van der Waals surface area (Å²) < 4.78 is 0. The van der Waals surface area contributed by atoms with Gasteiger partial charge in [-0.15, -0.1) is 0 Å². The molecule has 0 bridgehead atoms. The lowest BCUT2D eigenvalue weighted by molar-refractivity contribution is 0.196. The Morgan fingerprint density at radius 2 is 2.31 bits per heavy atom. The van der Waals surface area contributed by atoms with Gasteiger partial charge in [0.05, 0.1) is 12.2 Å². The minimum absolute atomic E-state index is 0.251. The van der Waals surface area contributed by atoms with E-state index in [1.807, 2.05) is 25.6 Å². The predicted octanol–water partition coefficient (Wildman–Crippen LogP) is 1.91. The summed E-state index contributed by atoms with van der Waals surface area (Å²) in [5.41, 5.74) is -0.315. The van der Waals surface area contributed by atoms with Gasteiger partial charge in [0.1, 0.15) is 5.54 Å². The number of nitrogens with one attached hydrogen (secondary N) is 1. The smallest absolute Gasteiger partial charge is 0.107 e. The average molecular weight is 242 g/mol. The van der Waals surface area contributed by atoms with Crippen molar-refractivity contribution in [3.8, 4) is 6.07 Å². The molecule has 0 aromatic heterocycles. The molecule has 1 saturated carbocycles. The summed E-state index contributed by atoms with van der Waals surface area (Å²) in [6.45, 7) is 6.76. The van der Waals surface area contributed by atoms with Crippen molar-refractivity contribution in [2.45, 2.75) is 62.2 Å². The summed E-state index contributed by atoms with van der Waals surface area (Å²) in [4.78, 5) is 0. The topological polar surface area (TPSA) is 56.0 Å². The van der Waals surface area contributed by atoms with Crippen molar-refractivity contribution >= 4 is 11.8 Å². The number of hydrogen-bond acceptors (Lipinski definition) is 4. The number of aliphatic hydroxyl groups excluding tert-OH is 1. The Bertz CT molecular complexity index is 264. The maximum absolute atomic E-state index is 9.47. The highest BCUT2D eigenvalue weighted by atomic mass is 32.2. The fraction of sp³-hybridized carbons (Fsp3) is 0.917. The van der Waals surface area contributed by atoms with Gasteiger partial charge in [0.25, 0.3) is 0 Å². The highest BCUT2D eigenvalue weighted by molar-refractivity contribution is 8.00. The first kappa shape index (κ1) is 13.8. The zero-order valence-corrected chi connectivity index (χ0v) is 11.2. The quantitative estimate of drug-likeness (QED) is 0.773. The molecule has 2 N–H and O–H groups in total. The summed E-state index contributed by atoms with van der Waals surface area (Å²) in [5, 5.41) is 22.8.